The zero-order chi connectivity index (χ0) is 18.9. The monoisotopic (exact) mass is 366 g/mol. The highest BCUT2D eigenvalue weighted by Crippen LogP contribution is 2.33. The highest BCUT2D eigenvalue weighted by molar-refractivity contribution is 5.95. The van der Waals surface area contributed by atoms with Gasteiger partial charge < -0.3 is 4.42 Å². The second-order valence-electron chi connectivity index (χ2n) is 7.06. The van der Waals surface area contributed by atoms with Crippen LogP contribution in [0.3, 0.4) is 0 Å². The molecule has 0 radical (unpaired) electrons. The quantitative estimate of drug-likeness (QED) is 0.477. The molecule has 1 aliphatic rings. The van der Waals surface area contributed by atoms with Crippen molar-refractivity contribution in [1.82, 2.24) is 9.97 Å². The van der Waals surface area contributed by atoms with Gasteiger partial charge in [-0.2, -0.15) is 0 Å². The van der Waals surface area contributed by atoms with Gasteiger partial charge in [-0.1, -0.05) is 54.6 Å². The molecule has 1 atom stereocenters. The third-order valence-corrected chi connectivity index (χ3v) is 5.25. The number of nitrogens with zero attached hydrogens (tertiary/aromatic N) is 2. The Morgan fingerprint density at radius 1 is 0.857 bits per heavy atom. The van der Waals surface area contributed by atoms with Crippen LogP contribution in [0.25, 0.3) is 22.6 Å². The average molecular weight is 366 g/mol. The maximum absolute atomic E-state index is 12.9. The van der Waals surface area contributed by atoms with Crippen LogP contribution in [0.4, 0.5) is 0 Å². The molecule has 28 heavy (non-hydrogen) atoms. The predicted molar refractivity (Wildman–Crippen MR) is 107 cm³/mol. The van der Waals surface area contributed by atoms with E-state index in [1.807, 2.05) is 36.4 Å². The Morgan fingerprint density at radius 3 is 2.50 bits per heavy atom. The number of aromatic nitrogens is 2. The Kier molecular flexibility index (Phi) is 4.09. The number of rotatable bonds is 4. The molecule has 0 spiro atoms. The smallest absolute Gasteiger partial charge is 0.264 e. The molecule has 0 aliphatic heterocycles. The summed E-state index contributed by atoms with van der Waals surface area (Å²) in [5.74, 6) is 0.517. The molecule has 2 aromatic heterocycles. The van der Waals surface area contributed by atoms with Gasteiger partial charge in [0.25, 0.3) is 5.89 Å². The summed E-state index contributed by atoms with van der Waals surface area (Å²) in [7, 11) is 0. The maximum Gasteiger partial charge on any atom is 0.264 e. The van der Waals surface area contributed by atoms with Gasteiger partial charge in [-0.25, -0.2) is 4.98 Å². The van der Waals surface area contributed by atoms with Crippen molar-refractivity contribution in [3.63, 3.8) is 0 Å². The maximum atomic E-state index is 12.9. The molecule has 5 rings (SSSR count). The van der Waals surface area contributed by atoms with E-state index in [1.54, 1.807) is 12.4 Å². The molecule has 0 N–H and O–H groups in total. The number of pyridine rings is 1. The van der Waals surface area contributed by atoms with Crippen LogP contribution in [-0.4, -0.2) is 15.8 Å². The number of Topliss-reactive ketones (excluding diaryl/α,β-unsaturated/α-hetero) is 1. The number of carbonyl (C=O) groups excluding carboxylic acids is 1. The predicted octanol–water partition coefficient (Wildman–Crippen LogP) is 5.00. The number of hydrogen-bond donors (Lipinski definition) is 0. The summed E-state index contributed by atoms with van der Waals surface area (Å²) in [4.78, 5) is 21.4. The van der Waals surface area contributed by atoms with Gasteiger partial charge in [0, 0.05) is 12.1 Å². The van der Waals surface area contributed by atoms with Crippen molar-refractivity contribution in [3.8, 4) is 22.6 Å². The Balaban J connectivity index is 1.36. The van der Waals surface area contributed by atoms with Crippen molar-refractivity contribution in [1.29, 1.82) is 0 Å². The number of oxazole rings is 1. The summed E-state index contributed by atoms with van der Waals surface area (Å²) in [5.41, 5.74) is 5.51. The number of hydrogen-bond acceptors (Lipinski definition) is 4. The second kappa shape index (κ2) is 6.89. The summed E-state index contributed by atoms with van der Waals surface area (Å²) >= 11 is 0. The highest BCUT2D eigenvalue weighted by Gasteiger charge is 2.31. The lowest BCUT2D eigenvalue weighted by atomic mass is 10.00. The minimum atomic E-state index is -0.128. The number of carbonyl (C=O) groups is 1. The SMILES string of the molecule is O=C(c1ncc(-c2ccccn2)o1)[C@H]1Cc2ccc(-c3ccccc3)cc2C1. The van der Waals surface area contributed by atoms with E-state index in [1.165, 1.54) is 22.3 Å². The van der Waals surface area contributed by atoms with Gasteiger partial charge in [0.2, 0.25) is 5.78 Å². The van der Waals surface area contributed by atoms with Gasteiger partial charge in [-0.05, 0) is 47.2 Å². The third-order valence-electron chi connectivity index (χ3n) is 5.25. The van der Waals surface area contributed by atoms with E-state index in [2.05, 4.69) is 40.3 Å². The molecule has 0 amide bonds. The summed E-state index contributed by atoms with van der Waals surface area (Å²) in [6.45, 7) is 0. The molecule has 4 nitrogen and oxygen atoms in total. The Hall–Kier alpha value is -3.53. The van der Waals surface area contributed by atoms with E-state index in [0.717, 1.165) is 12.8 Å². The van der Waals surface area contributed by atoms with Crippen LogP contribution in [0.15, 0.2) is 83.5 Å². The molecule has 0 saturated carbocycles. The van der Waals surface area contributed by atoms with Crippen molar-refractivity contribution in [2.24, 2.45) is 5.92 Å². The zero-order valence-corrected chi connectivity index (χ0v) is 15.2. The molecule has 0 unspecified atom stereocenters. The molecular weight excluding hydrogens is 348 g/mol. The topological polar surface area (TPSA) is 56.0 Å². The van der Waals surface area contributed by atoms with Gasteiger partial charge in [-0.15, -0.1) is 0 Å². The molecule has 4 heteroatoms. The van der Waals surface area contributed by atoms with Crippen molar-refractivity contribution in [3.05, 3.63) is 96.1 Å². The Bertz CT molecular complexity index is 1130. The lowest BCUT2D eigenvalue weighted by Gasteiger charge is -2.04. The minimum Gasteiger partial charge on any atom is -0.432 e. The van der Waals surface area contributed by atoms with Crippen LogP contribution in [0.2, 0.25) is 0 Å². The zero-order valence-electron chi connectivity index (χ0n) is 15.2. The van der Waals surface area contributed by atoms with Gasteiger partial charge in [0.15, 0.2) is 5.76 Å². The van der Waals surface area contributed by atoms with Crippen molar-refractivity contribution in [2.45, 2.75) is 12.8 Å². The lowest BCUT2D eigenvalue weighted by Crippen LogP contribution is -2.15. The first-order valence-electron chi connectivity index (χ1n) is 9.36. The minimum absolute atomic E-state index is 0.0420. The molecule has 2 heterocycles. The largest absolute Gasteiger partial charge is 0.432 e. The van der Waals surface area contributed by atoms with Gasteiger partial charge in [-0.3, -0.25) is 9.78 Å². The fraction of sp³-hybridized carbons (Fsp3) is 0.125. The normalized spacial score (nSPS) is 15.4. The summed E-state index contributed by atoms with van der Waals surface area (Å²) in [6.07, 6.45) is 4.71. The van der Waals surface area contributed by atoms with Crippen molar-refractivity contribution < 1.29 is 9.21 Å². The standard InChI is InChI=1S/C24H18N2O2/c27-23(24-26-15-22(28-24)21-8-4-5-11-25-21)20-13-18-10-9-17(12-19(18)14-20)16-6-2-1-3-7-16/h1-12,15,20H,13-14H2/t20-/m0/s1. The van der Waals surface area contributed by atoms with Crippen LogP contribution in [0, 0.1) is 5.92 Å². The van der Waals surface area contributed by atoms with Crippen LogP contribution in [-0.2, 0) is 12.8 Å². The van der Waals surface area contributed by atoms with Crippen molar-refractivity contribution >= 4 is 5.78 Å². The first-order chi connectivity index (χ1) is 13.8. The van der Waals surface area contributed by atoms with E-state index < -0.39 is 0 Å². The Labute approximate surface area is 162 Å². The van der Waals surface area contributed by atoms with E-state index in [9.17, 15) is 4.79 Å². The van der Waals surface area contributed by atoms with Crippen LogP contribution in [0.1, 0.15) is 21.8 Å². The fourth-order valence-electron chi connectivity index (χ4n) is 3.80. The molecular formula is C24H18N2O2. The summed E-state index contributed by atoms with van der Waals surface area (Å²) < 4.78 is 5.71. The average Bonchev–Trinajstić information content (AvgIpc) is 3.41. The Morgan fingerprint density at radius 2 is 1.68 bits per heavy atom. The second-order valence-corrected chi connectivity index (χ2v) is 7.06. The molecule has 2 aromatic carbocycles. The van der Waals surface area contributed by atoms with Gasteiger partial charge >= 0.3 is 0 Å². The van der Waals surface area contributed by atoms with Crippen LogP contribution < -0.4 is 0 Å². The first-order valence-corrected chi connectivity index (χ1v) is 9.36. The number of ketones is 1. The van der Waals surface area contributed by atoms with Gasteiger partial charge in [0.05, 0.1) is 6.20 Å². The molecule has 0 saturated heterocycles. The number of fused-ring (bicyclic) bond motifs is 1. The van der Waals surface area contributed by atoms with E-state index in [0.29, 0.717) is 11.5 Å². The summed E-state index contributed by atoms with van der Waals surface area (Å²) in [5, 5.41) is 0. The molecule has 1 aliphatic carbocycles. The molecule has 0 bridgehead atoms. The van der Waals surface area contributed by atoms with Crippen LogP contribution >= 0.6 is 0 Å². The highest BCUT2D eigenvalue weighted by atomic mass is 16.4. The fourth-order valence-corrected chi connectivity index (χ4v) is 3.80. The molecule has 4 aromatic rings. The summed E-state index contributed by atoms with van der Waals surface area (Å²) in [6, 6.07) is 22.3. The van der Waals surface area contributed by atoms with E-state index in [-0.39, 0.29) is 17.6 Å². The van der Waals surface area contributed by atoms with E-state index in [4.69, 9.17) is 4.42 Å². The number of benzene rings is 2. The first kappa shape index (κ1) is 16.6. The van der Waals surface area contributed by atoms with Crippen LogP contribution in [0.5, 0.6) is 0 Å². The molecule has 136 valence electrons. The lowest BCUT2D eigenvalue weighted by molar-refractivity contribution is 0.0890. The third kappa shape index (κ3) is 3.03. The molecule has 0 fully saturated rings. The van der Waals surface area contributed by atoms with Crippen molar-refractivity contribution in [2.75, 3.05) is 0 Å². The van der Waals surface area contributed by atoms with E-state index >= 15 is 0 Å². The van der Waals surface area contributed by atoms with Gasteiger partial charge in [0.1, 0.15) is 5.69 Å².